The van der Waals surface area contributed by atoms with Crippen molar-refractivity contribution in [1.82, 2.24) is 35.4 Å². The van der Waals surface area contributed by atoms with E-state index in [4.69, 9.17) is 0 Å². The van der Waals surface area contributed by atoms with E-state index in [0.29, 0.717) is 11.7 Å². The highest BCUT2D eigenvalue weighted by atomic mass is 16.2. The summed E-state index contributed by atoms with van der Waals surface area (Å²) in [7, 11) is 2.20. The van der Waals surface area contributed by atoms with Crippen molar-refractivity contribution in [2.24, 2.45) is 0 Å². The lowest BCUT2D eigenvalue weighted by Crippen LogP contribution is -2.64. The molecule has 150 valence electrons. The van der Waals surface area contributed by atoms with E-state index in [9.17, 15) is 4.79 Å². The molecular weight excluding hydrogens is 342 g/mol. The minimum absolute atomic E-state index is 0.0306. The van der Waals surface area contributed by atoms with Crippen molar-refractivity contribution in [3.8, 4) is 0 Å². The van der Waals surface area contributed by atoms with E-state index in [1.54, 1.807) is 0 Å². The van der Waals surface area contributed by atoms with Crippen LogP contribution < -0.4 is 10.6 Å². The Kier molecular flexibility index (Phi) is 5.75. The van der Waals surface area contributed by atoms with Crippen molar-refractivity contribution < 1.29 is 4.79 Å². The van der Waals surface area contributed by atoms with Gasteiger partial charge in [-0.1, -0.05) is 11.6 Å². The second-order valence-corrected chi connectivity index (χ2v) is 8.42. The zero-order valence-electron chi connectivity index (χ0n) is 16.5. The molecule has 0 bridgehead atoms. The SMILES string of the molecule is CN1CCN(C(=O)c2cn(CCC3CCCCN3)nn2)CC12CCNCC2. The van der Waals surface area contributed by atoms with Gasteiger partial charge in [-0.25, -0.2) is 0 Å². The monoisotopic (exact) mass is 375 g/mol. The summed E-state index contributed by atoms with van der Waals surface area (Å²) >= 11 is 0. The standard InChI is InChI=1S/C19H33N7O/c1-24-12-13-25(15-19(24)6-9-20-10-7-19)18(27)17-14-26(23-22-17)11-5-16-4-2-3-8-21-16/h14,16,20-21H,2-13,15H2,1H3. The largest absolute Gasteiger partial charge is 0.334 e. The lowest BCUT2D eigenvalue weighted by atomic mass is 9.84. The van der Waals surface area contributed by atoms with E-state index in [1.807, 2.05) is 15.8 Å². The number of amides is 1. The van der Waals surface area contributed by atoms with E-state index in [0.717, 1.165) is 65.1 Å². The number of carbonyl (C=O) groups excluding carboxylic acids is 1. The maximum absolute atomic E-state index is 13.0. The van der Waals surface area contributed by atoms with Crippen LogP contribution in [0.1, 0.15) is 49.0 Å². The van der Waals surface area contributed by atoms with Crippen LogP contribution in [0, 0.1) is 0 Å². The second kappa shape index (κ2) is 8.24. The summed E-state index contributed by atoms with van der Waals surface area (Å²) < 4.78 is 1.83. The molecule has 1 spiro atoms. The molecular formula is C19H33N7O. The molecule has 0 radical (unpaired) electrons. The van der Waals surface area contributed by atoms with Crippen LogP contribution in [0.4, 0.5) is 0 Å². The minimum atomic E-state index is 0.0306. The highest BCUT2D eigenvalue weighted by Gasteiger charge is 2.42. The molecule has 1 unspecified atom stereocenters. The van der Waals surface area contributed by atoms with Crippen LogP contribution in [0.25, 0.3) is 0 Å². The number of aromatic nitrogens is 3. The highest BCUT2D eigenvalue weighted by Crippen LogP contribution is 2.29. The molecule has 4 rings (SSSR count). The summed E-state index contributed by atoms with van der Waals surface area (Å²) in [6.45, 7) is 6.47. The number of hydrogen-bond acceptors (Lipinski definition) is 6. The summed E-state index contributed by atoms with van der Waals surface area (Å²) in [5, 5.41) is 15.4. The maximum Gasteiger partial charge on any atom is 0.276 e. The fourth-order valence-corrected chi connectivity index (χ4v) is 4.79. The van der Waals surface area contributed by atoms with Gasteiger partial charge in [-0.05, 0) is 58.8 Å². The zero-order chi connectivity index (χ0) is 18.7. The molecule has 1 aromatic heterocycles. The van der Waals surface area contributed by atoms with Crippen LogP contribution in [0.2, 0.25) is 0 Å². The summed E-state index contributed by atoms with van der Waals surface area (Å²) in [4.78, 5) is 17.5. The van der Waals surface area contributed by atoms with E-state index in [1.165, 1.54) is 19.3 Å². The number of carbonyl (C=O) groups is 1. The predicted octanol–water partition coefficient (Wildman–Crippen LogP) is 0.320. The van der Waals surface area contributed by atoms with Gasteiger partial charge in [0.2, 0.25) is 0 Å². The molecule has 3 saturated heterocycles. The molecule has 1 atom stereocenters. The van der Waals surface area contributed by atoms with Gasteiger partial charge in [0.1, 0.15) is 0 Å². The summed E-state index contributed by atoms with van der Waals surface area (Å²) in [6.07, 6.45) is 8.88. The fraction of sp³-hybridized carbons (Fsp3) is 0.842. The van der Waals surface area contributed by atoms with E-state index in [-0.39, 0.29) is 11.4 Å². The van der Waals surface area contributed by atoms with Gasteiger partial charge in [0, 0.05) is 37.8 Å². The quantitative estimate of drug-likeness (QED) is 0.789. The molecule has 3 aliphatic heterocycles. The number of piperidine rings is 2. The number of nitrogens with one attached hydrogen (secondary N) is 2. The van der Waals surface area contributed by atoms with Crippen LogP contribution in [-0.2, 0) is 6.54 Å². The fourth-order valence-electron chi connectivity index (χ4n) is 4.79. The lowest BCUT2D eigenvalue weighted by molar-refractivity contribution is -0.00124. The first-order valence-electron chi connectivity index (χ1n) is 10.5. The van der Waals surface area contributed by atoms with E-state index in [2.05, 4.69) is 32.9 Å². The Morgan fingerprint density at radius 2 is 2.11 bits per heavy atom. The normalized spacial score (nSPS) is 26.4. The average Bonchev–Trinajstić information content (AvgIpc) is 3.19. The Bertz CT molecular complexity index is 634. The number of aryl methyl sites for hydroxylation is 1. The van der Waals surface area contributed by atoms with Crippen LogP contribution in [0.5, 0.6) is 0 Å². The molecule has 8 heteroatoms. The first-order chi connectivity index (χ1) is 13.2. The summed E-state index contributed by atoms with van der Waals surface area (Å²) in [5.41, 5.74) is 0.599. The first kappa shape index (κ1) is 18.8. The third kappa shape index (κ3) is 4.17. The Morgan fingerprint density at radius 3 is 2.89 bits per heavy atom. The van der Waals surface area contributed by atoms with Gasteiger partial charge in [-0.3, -0.25) is 14.4 Å². The Labute approximate surface area is 161 Å². The lowest BCUT2D eigenvalue weighted by Gasteiger charge is -2.51. The van der Waals surface area contributed by atoms with Crippen molar-refractivity contribution >= 4 is 5.91 Å². The number of likely N-dealkylation sites (N-methyl/N-ethyl adjacent to an activating group) is 1. The molecule has 2 N–H and O–H groups in total. The smallest absolute Gasteiger partial charge is 0.276 e. The molecule has 1 aromatic rings. The van der Waals surface area contributed by atoms with Crippen LogP contribution in [0.15, 0.2) is 6.20 Å². The summed E-state index contributed by atoms with van der Waals surface area (Å²) in [6, 6.07) is 0.569. The predicted molar refractivity (Wildman–Crippen MR) is 104 cm³/mol. The number of hydrogen-bond donors (Lipinski definition) is 2. The molecule has 8 nitrogen and oxygen atoms in total. The first-order valence-corrected chi connectivity index (χ1v) is 10.5. The van der Waals surface area contributed by atoms with E-state index < -0.39 is 0 Å². The molecule has 1 amide bonds. The Morgan fingerprint density at radius 1 is 1.26 bits per heavy atom. The molecule has 27 heavy (non-hydrogen) atoms. The molecule has 0 aliphatic carbocycles. The minimum Gasteiger partial charge on any atom is -0.334 e. The van der Waals surface area contributed by atoms with Gasteiger partial charge in [-0.2, -0.15) is 0 Å². The van der Waals surface area contributed by atoms with Gasteiger partial charge >= 0.3 is 0 Å². The molecule has 3 aliphatic rings. The van der Waals surface area contributed by atoms with Crippen molar-refractivity contribution in [3.63, 3.8) is 0 Å². The van der Waals surface area contributed by atoms with Gasteiger partial charge in [0.25, 0.3) is 5.91 Å². The third-order valence-corrected chi connectivity index (χ3v) is 6.70. The molecule has 0 saturated carbocycles. The van der Waals surface area contributed by atoms with Crippen LogP contribution in [-0.4, -0.2) is 88.6 Å². The van der Waals surface area contributed by atoms with Crippen LogP contribution >= 0.6 is 0 Å². The van der Waals surface area contributed by atoms with Crippen molar-refractivity contribution in [2.75, 3.05) is 46.3 Å². The summed E-state index contributed by atoms with van der Waals surface area (Å²) in [5.74, 6) is 0.0306. The molecule has 3 fully saturated rings. The van der Waals surface area contributed by atoms with Gasteiger partial charge < -0.3 is 15.5 Å². The molecule has 4 heterocycles. The second-order valence-electron chi connectivity index (χ2n) is 8.42. The van der Waals surface area contributed by atoms with Crippen molar-refractivity contribution in [1.29, 1.82) is 0 Å². The Hall–Kier alpha value is -1.51. The van der Waals surface area contributed by atoms with Crippen molar-refractivity contribution in [2.45, 2.75) is 56.7 Å². The van der Waals surface area contributed by atoms with Gasteiger partial charge in [0.05, 0.1) is 6.20 Å². The number of piperazine rings is 1. The van der Waals surface area contributed by atoms with Gasteiger partial charge in [-0.15, -0.1) is 5.10 Å². The maximum atomic E-state index is 13.0. The van der Waals surface area contributed by atoms with Crippen LogP contribution in [0.3, 0.4) is 0 Å². The van der Waals surface area contributed by atoms with Crippen molar-refractivity contribution in [3.05, 3.63) is 11.9 Å². The molecule has 0 aromatic carbocycles. The topological polar surface area (TPSA) is 78.3 Å². The zero-order valence-corrected chi connectivity index (χ0v) is 16.5. The third-order valence-electron chi connectivity index (χ3n) is 6.70. The van der Waals surface area contributed by atoms with E-state index >= 15 is 0 Å². The Balaban J connectivity index is 1.35. The van der Waals surface area contributed by atoms with Gasteiger partial charge in [0.15, 0.2) is 5.69 Å². The average molecular weight is 376 g/mol. The number of nitrogens with zero attached hydrogens (tertiary/aromatic N) is 5. The highest BCUT2D eigenvalue weighted by molar-refractivity contribution is 5.92. The number of rotatable bonds is 4.